The predicted molar refractivity (Wildman–Crippen MR) is 64.6 cm³/mol. The van der Waals surface area contributed by atoms with Gasteiger partial charge in [0.25, 0.3) is 0 Å². The van der Waals surface area contributed by atoms with Crippen LogP contribution in [0, 0.1) is 11.6 Å². The first-order valence-corrected chi connectivity index (χ1v) is 5.90. The number of halogens is 5. The summed E-state index contributed by atoms with van der Waals surface area (Å²) in [6, 6.07) is -1.33. The Morgan fingerprint density at radius 3 is 2.70 bits per heavy atom. The van der Waals surface area contributed by atoms with E-state index in [9.17, 15) is 31.5 Å². The van der Waals surface area contributed by atoms with Crippen molar-refractivity contribution in [3.8, 4) is 0 Å². The molecule has 1 aliphatic rings. The molecule has 1 fully saturated rings. The van der Waals surface area contributed by atoms with Crippen LogP contribution in [0.5, 0.6) is 0 Å². The molecular weight excluding hydrogens is 329 g/mol. The van der Waals surface area contributed by atoms with Crippen LogP contribution >= 0.6 is 0 Å². The maximum absolute atomic E-state index is 14.1. The molecule has 0 radical (unpaired) electrons. The molecule has 1 heterocycles. The van der Waals surface area contributed by atoms with Crippen molar-refractivity contribution >= 4 is 11.9 Å². The molecule has 1 aromatic carbocycles. The van der Waals surface area contributed by atoms with Gasteiger partial charge in [-0.1, -0.05) is 0 Å². The van der Waals surface area contributed by atoms with Crippen molar-refractivity contribution < 1.29 is 46.9 Å². The Morgan fingerprint density at radius 2 is 2.13 bits per heavy atom. The molecule has 5 nitrogen and oxygen atoms in total. The van der Waals surface area contributed by atoms with Crippen molar-refractivity contribution in [1.29, 1.82) is 0 Å². The van der Waals surface area contributed by atoms with Gasteiger partial charge < -0.3 is 15.2 Å². The Labute approximate surface area is 131 Å². The first kappa shape index (κ1) is 12.2. The van der Waals surface area contributed by atoms with Crippen LogP contribution in [0.1, 0.15) is 22.2 Å². The molecule has 23 heavy (non-hydrogen) atoms. The van der Waals surface area contributed by atoms with E-state index in [2.05, 4.69) is 4.74 Å². The fraction of sp³-hybridized carbons (Fsp3) is 0.385. The molecule has 1 saturated heterocycles. The lowest BCUT2D eigenvalue weighted by atomic mass is 9.92. The maximum atomic E-state index is 14.1. The normalized spacial score (nSPS) is 33.2. The molecule has 0 saturated carbocycles. The Morgan fingerprint density at radius 1 is 1.48 bits per heavy atom. The number of ketones is 1. The maximum Gasteiger partial charge on any atom is 0.421 e. The van der Waals surface area contributed by atoms with Gasteiger partial charge in [-0.2, -0.15) is 13.2 Å². The average molecular weight is 343 g/mol. The third-order valence-corrected chi connectivity index (χ3v) is 2.79. The van der Waals surface area contributed by atoms with Crippen LogP contribution < -0.4 is 5.31 Å². The predicted octanol–water partition coefficient (Wildman–Crippen LogP) is 2.56. The van der Waals surface area contributed by atoms with Crippen molar-refractivity contribution in [2.75, 3.05) is 0 Å². The summed E-state index contributed by atoms with van der Waals surface area (Å²) in [6.45, 7) is 0. The number of benzene rings is 1. The van der Waals surface area contributed by atoms with E-state index in [4.69, 9.17) is 10.6 Å². The van der Waals surface area contributed by atoms with E-state index < -0.39 is 65.2 Å². The van der Waals surface area contributed by atoms with Gasteiger partial charge in [0, 0.05) is 14.7 Å². The molecule has 0 aromatic heterocycles. The van der Waals surface area contributed by atoms with E-state index >= 15 is 0 Å². The van der Waals surface area contributed by atoms with E-state index in [-0.39, 0.29) is 0 Å². The SMILES string of the molecule is [2H]N(C(=O)O)[C@@H]1[C@@H](c2cc(F)ccc2F)OC([2H])(C(F)(F)F)C(=O)C1([2H])[2H]. The van der Waals surface area contributed by atoms with Gasteiger partial charge in [-0.3, -0.25) is 4.79 Å². The van der Waals surface area contributed by atoms with E-state index in [1.54, 1.807) is 0 Å². The minimum atomic E-state index is -5.79. The van der Waals surface area contributed by atoms with Crippen molar-refractivity contribution in [2.45, 2.75) is 30.8 Å². The third kappa shape index (κ3) is 3.76. The number of carboxylic acid groups (broad SMARTS) is 1. The first-order valence-electron chi connectivity index (χ1n) is 7.84. The summed E-state index contributed by atoms with van der Waals surface area (Å²) in [5, 5.41) is 8.26. The molecular formula is C13H10F5NO4. The summed E-state index contributed by atoms with van der Waals surface area (Å²) in [5.41, 5.74) is -1.09. The summed E-state index contributed by atoms with van der Waals surface area (Å²) in [5.74, 6) is -5.14. The zero-order valence-electron chi connectivity index (χ0n) is 14.9. The smallest absolute Gasteiger partial charge is 0.421 e. The fourth-order valence-corrected chi connectivity index (χ4v) is 1.90. The van der Waals surface area contributed by atoms with Crippen LogP contribution in [0.3, 0.4) is 0 Å². The lowest BCUT2D eigenvalue weighted by Crippen LogP contribution is -2.53. The Hall–Kier alpha value is -2.23. The third-order valence-electron chi connectivity index (χ3n) is 2.79. The Bertz CT molecular complexity index is 792. The second kappa shape index (κ2) is 6.11. The van der Waals surface area contributed by atoms with Crippen molar-refractivity contribution in [1.82, 2.24) is 5.31 Å². The van der Waals surface area contributed by atoms with Gasteiger partial charge in [-0.25, -0.2) is 13.6 Å². The minimum absolute atomic E-state index is 0.297. The molecule has 1 amide bonds. The topological polar surface area (TPSA) is 75.6 Å². The highest BCUT2D eigenvalue weighted by atomic mass is 19.4. The molecule has 1 aromatic rings. The molecule has 0 bridgehead atoms. The number of nitrogens with one attached hydrogen (secondary N) is 1. The lowest BCUT2D eigenvalue weighted by molar-refractivity contribution is -0.239. The van der Waals surface area contributed by atoms with Crippen molar-refractivity contribution in [3.63, 3.8) is 0 Å². The largest absolute Gasteiger partial charge is 0.465 e. The molecule has 2 N–H and O–H groups in total. The molecule has 2 rings (SSSR count). The summed E-state index contributed by atoms with van der Waals surface area (Å²) in [7, 11) is 0. The van der Waals surface area contributed by atoms with Crippen molar-refractivity contribution in [3.05, 3.63) is 35.4 Å². The van der Waals surface area contributed by atoms with Gasteiger partial charge in [0.15, 0.2) is 7.20 Å². The second-order valence-electron chi connectivity index (χ2n) is 4.36. The highest BCUT2D eigenvalue weighted by Crippen LogP contribution is 2.37. The van der Waals surface area contributed by atoms with Crippen LogP contribution in [0.2, 0.25) is 1.41 Å². The zero-order chi connectivity index (χ0) is 20.9. The number of rotatable bonds is 2. The van der Waals surface area contributed by atoms with Crippen LogP contribution in [0.15, 0.2) is 18.2 Å². The number of amides is 1. The molecule has 1 aliphatic heterocycles. The molecule has 0 spiro atoms. The number of alkyl halides is 3. The lowest BCUT2D eigenvalue weighted by Gasteiger charge is -2.36. The molecule has 126 valence electrons. The number of hydrogen-bond acceptors (Lipinski definition) is 3. The quantitative estimate of drug-likeness (QED) is 0.810. The Balaban J connectivity index is 2.76. The molecule has 1 unspecified atom stereocenters. The van der Waals surface area contributed by atoms with Gasteiger partial charge in [-0.15, -0.1) is 0 Å². The number of carbonyl (C=O) groups is 2. The molecule has 0 aliphatic carbocycles. The van der Waals surface area contributed by atoms with Gasteiger partial charge in [0.1, 0.15) is 17.7 Å². The van der Waals surface area contributed by atoms with E-state index in [1.165, 1.54) is 0 Å². The summed E-state index contributed by atoms with van der Waals surface area (Å²) >= 11 is 0. The van der Waals surface area contributed by atoms with Crippen LogP contribution in [0.25, 0.3) is 0 Å². The minimum Gasteiger partial charge on any atom is -0.465 e. The van der Waals surface area contributed by atoms with Gasteiger partial charge in [0.05, 0.1) is 7.41 Å². The molecule has 3 atom stereocenters. The number of ether oxygens (including phenoxy) is 1. The van der Waals surface area contributed by atoms with E-state index in [1.807, 2.05) is 0 Å². The van der Waals surface area contributed by atoms with Crippen molar-refractivity contribution in [2.24, 2.45) is 0 Å². The molecule has 10 heteroatoms. The standard InChI is InChI=1S/C13H10F5NO4/c14-5-1-2-7(15)6(3-5)10-8(19-12(21)22)4-9(20)11(23-10)13(16,17)18/h1-3,8,10-11,19H,4H2,(H,21,22)/t8-,10+,11?/m0/s1/i4D2,11D/hD. The monoisotopic (exact) mass is 343 g/mol. The number of carbonyl (C=O) groups excluding carboxylic acids is 1. The van der Waals surface area contributed by atoms with Gasteiger partial charge >= 0.3 is 12.3 Å². The second-order valence-corrected chi connectivity index (χ2v) is 4.36. The Kier molecular flexibility index (Phi) is 3.25. The summed E-state index contributed by atoms with van der Waals surface area (Å²) in [6.07, 6.45) is -18.9. The summed E-state index contributed by atoms with van der Waals surface area (Å²) < 4.78 is 101. The van der Waals surface area contributed by atoms with E-state index in [0.29, 0.717) is 18.2 Å². The highest BCUT2D eigenvalue weighted by Gasteiger charge is 2.52. The average Bonchev–Trinajstić information content (AvgIpc) is 2.53. The zero-order valence-corrected chi connectivity index (χ0v) is 10.9. The van der Waals surface area contributed by atoms with Gasteiger partial charge in [-0.05, 0) is 18.2 Å². The summed E-state index contributed by atoms with van der Waals surface area (Å²) in [4.78, 5) is 23.1. The van der Waals surface area contributed by atoms with Crippen LogP contribution in [-0.4, -0.2) is 35.3 Å². The number of hydrogen-bond donors (Lipinski definition) is 2. The first-order chi connectivity index (χ1) is 12.1. The fourth-order valence-electron chi connectivity index (χ4n) is 1.90. The van der Waals surface area contributed by atoms with Crippen LogP contribution in [-0.2, 0) is 9.53 Å². The van der Waals surface area contributed by atoms with Gasteiger partial charge in [0.2, 0.25) is 6.08 Å². The highest BCUT2D eigenvalue weighted by molar-refractivity contribution is 5.86. The van der Waals surface area contributed by atoms with Crippen LogP contribution in [0.4, 0.5) is 26.7 Å². The number of Topliss-reactive ketones (excluding diaryl/α,β-unsaturated/α-hetero) is 1. The van der Waals surface area contributed by atoms with E-state index in [0.717, 1.165) is 0 Å².